The van der Waals surface area contributed by atoms with Crippen molar-refractivity contribution < 1.29 is 33.3 Å². The standard InChI is InChI=1S/C12H22O7/c1-8(13)18-6-10(15-3)12(17-5)11(16-4)7-19-9(2)14/h10-12H,6-7H2,1-5H3/t10-,11+,12?. The lowest BCUT2D eigenvalue weighted by atomic mass is 10.1. The Labute approximate surface area is 113 Å². The lowest BCUT2D eigenvalue weighted by Crippen LogP contribution is -2.46. The van der Waals surface area contributed by atoms with E-state index in [1.54, 1.807) is 0 Å². The van der Waals surface area contributed by atoms with Crippen LogP contribution in [0.5, 0.6) is 0 Å². The Bertz CT molecular complexity index is 253. The molecule has 0 heterocycles. The van der Waals surface area contributed by atoms with Gasteiger partial charge in [-0.2, -0.15) is 0 Å². The zero-order valence-electron chi connectivity index (χ0n) is 12.0. The second-order valence-electron chi connectivity index (χ2n) is 3.85. The molecule has 0 N–H and O–H groups in total. The van der Waals surface area contributed by atoms with Crippen molar-refractivity contribution in [1.82, 2.24) is 0 Å². The molecule has 0 rings (SSSR count). The van der Waals surface area contributed by atoms with E-state index in [1.807, 2.05) is 0 Å². The minimum absolute atomic E-state index is 0.0320. The predicted molar refractivity (Wildman–Crippen MR) is 65.7 cm³/mol. The first-order chi connectivity index (χ1) is 8.96. The molecule has 0 fully saturated rings. The quantitative estimate of drug-likeness (QED) is 0.556. The fraction of sp³-hybridized carbons (Fsp3) is 0.833. The summed E-state index contributed by atoms with van der Waals surface area (Å²) in [6.07, 6.45) is -1.57. The van der Waals surface area contributed by atoms with Gasteiger partial charge in [0, 0.05) is 35.2 Å². The molecule has 1 unspecified atom stereocenters. The summed E-state index contributed by atoms with van der Waals surface area (Å²) in [6, 6.07) is 0. The molecule has 7 nitrogen and oxygen atoms in total. The molecule has 0 aromatic heterocycles. The number of carbonyl (C=O) groups is 2. The maximum absolute atomic E-state index is 10.8. The van der Waals surface area contributed by atoms with Gasteiger partial charge in [0.1, 0.15) is 31.5 Å². The van der Waals surface area contributed by atoms with E-state index < -0.39 is 30.3 Å². The van der Waals surface area contributed by atoms with Crippen LogP contribution in [0.25, 0.3) is 0 Å². The Morgan fingerprint density at radius 1 is 0.789 bits per heavy atom. The zero-order valence-corrected chi connectivity index (χ0v) is 12.0. The maximum atomic E-state index is 10.8. The molecule has 7 heteroatoms. The molecule has 3 atom stereocenters. The zero-order chi connectivity index (χ0) is 14.8. The highest BCUT2D eigenvalue weighted by atomic mass is 16.6. The highest BCUT2D eigenvalue weighted by Crippen LogP contribution is 2.12. The van der Waals surface area contributed by atoms with Crippen LogP contribution in [0.15, 0.2) is 0 Å². The van der Waals surface area contributed by atoms with Crippen LogP contribution in [0, 0.1) is 0 Å². The fourth-order valence-corrected chi connectivity index (χ4v) is 1.54. The number of rotatable bonds is 9. The molecule has 0 saturated heterocycles. The van der Waals surface area contributed by atoms with E-state index in [0.717, 1.165) is 0 Å². The van der Waals surface area contributed by atoms with E-state index in [1.165, 1.54) is 35.2 Å². The molecular weight excluding hydrogens is 256 g/mol. The van der Waals surface area contributed by atoms with Gasteiger partial charge in [-0.1, -0.05) is 0 Å². The molecule has 19 heavy (non-hydrogen) atoms. The smallest absolute Gasteiger partial charge is 0.302 e. The molecule has 0 aromatic rings. The predicted octanol–water partition coefficient (Wildman–Crippen LogP) is 0.158. The Kier molecular flexibility index (Phi) is 9.11. The van der Waals surface area contributed by atoms with Gasteiger partial charge in [0.15, 0.2) is 0 Å². The van der Waals surface area contributed by atoms with Crippen molar-refractivity contribution in [3.63, 3.8) is 0 Å². The molecule has 0 bridgehead atoms. The molecule has 0 aromatic carbocycles. The summed E-state index contributed by atoms with van der Waals surface area (Å²) in [5.41, 5.74) is 0. The van der Waals surface area contributed by atoms with Crippen molar-refractivity contribution in [3.05, 3.63) is 0 Å². The van der Waals surface area contributed by atoms with Gasteiger partial charge in [0.05, 0.1) is 0 Å². The third-order valence-electron chi connectivity index (χ3n) is 2.51. The fourth-order valence-electron chi connectivity index (χ4n) is 1.54. The molecule has 0 spiro atoms. The van der Waals surface area contributed by atoms with Gasteiger partial charge in [-0.05, 0) is 0 Å². The third kappa shape index (κ3) is 7.09. The van der Waals surface area contributed by atoms with Crippen molar-refractivity contribution in [1.29, 1.82) is 0 Å². The lowest BCUT2D eigenvalue weighted by molar-refractivity contribution is -0.164. The van der Waals surface area contributed by atoms with Crippen molar-refractivity contribution in [2.24, 2.45) is 0 Å². The van der Waals surface area contributed by atoms with Crippen LogP contribution in [0.2, 0.25) is 0 Å². The summed E-state index contributed by atoms with van der Waals surface area (Å²) < 4.78 is 25.5. The molecule has 112 valence electrons. The SMILES string of the molecule is COC([C@H](COC(C)=O)OC)[C@@H](COC(C)=O)OC. The molecule has 0 aliphatic heterocycles. The molecular formula is C12H22O7. The highest BCUT2D eigenvalue weighted by Gasteiger charge is 2.31. The Morgan fingerprint density at radius 2 is 1.16 bits per heavy atom. The van der Waals surface area contributed by atoms with Crippen molar-refractivity contribution in [2.75, 3.05) is 34.5 Å². The van der Waals surface area contributed by atoms with E-state index >= 15 is 0 Å². The maximum Gasteiger partial charge on any atom is 0.302 e. The van der Waals surface area contributed by atoms with Crippen molar-refractivity contribution in [3.8, 4) is 0 Å². The molecule has 0 aliphatic rings. The monoisotopic (exact) mass is 278 g/mol. The van der Waals surface area contributed by atoms with Crippen LogP contribution in [0.3, 0.4) is 0 Å². The normalized spacial score (nSPS) is 15.4. The largest absolute Gasteiger partial charge is 0.463 e. The second-order valence-corrected chi connectivity index (χ2v) is 3.85. The highest BCUT2D eigenvalue weighted by molar-refractivity contribution is 5.66. The van der Waals surface area contributed by atoms with E-state index in [0.29, 0.717) is 0 Å². The molecule has 0 radical (unpaired) electrons. The van der Waals surface area contributed by atoms with Gasteiger partial charge < -0.3 is 23.7 Å². The number of esters is 2. The number of carbonyl (C=O) groups excluding carboxylic acids is 2. The molecule has 0 amide bonds. The van der Waals surface area contributed by atoms with Gasteiger partial charge in [0.25, 0.3) is 0 Å². The summed E-state index contributed by atoms with van der Waals surface area (Å²) in [5.74, 6) is -0.822. The first-order valence-corrected chi connectivity index (χ1v) is 5.81. The minimum atomic E-state index is -0.534. The minimum Gasteiger partial charge on any atom is -0.463 e. The summed E-state index contributed by atoms with van der Waals surface area (Å²) in [6.45, 7) is 2.68. The van der Waals surface area contributed by atoms with Crippen LogP contribution in [-0.2, 0) is 33.3 Å². The van der Waals surface area contributed by atoms with Gasteiger partial charge >= 0.3 is 11.9 Å². The lowest BCUT2D eigenvalue weighted by Gasteiger charge is -2.30. The summed E-state index contributed by atoms with van der Waals surface area (Å²) >= 11 is 0. The van der Waals surface area contributed by atoms with Crippen LogP contribution in [-0.4, -0.2) is 64.8 Å². The van der Waals surface area contributed by atoms with E-state index in [-0.39, 0.29) is 13.2 Å². The number of hydrogen-bond acceptors (Lipinski definition) is 7. The van der Waals surface area contributed by atoms with E-state index in [2.05, 4.69) is 0 Å². The van der Waals surface area contributed by atoms with Gasteiger partial charge in [-0.25, -0.2) is 0 Å². The summed E-state index contributed by atoms with van der Waals surface area (Å²) in [4.78, 5) is 21.6. The van der Waals surface area contributed by atoms with Gasteiger partial charge in [0.2, 0.25) is 0 Å². The van der Waals surface area contributed by atoms with Crippen LogP contribution < -0.4 is 0 Å². The Balaban J connectivity index is 4.59. The van der Waals surface area contributed by atoms with Gasteiger partial charge in [-0.3, -0.25) is 9.59 Å². The summed E-state index contributed by atoms with van der Waals surface area (Å²) in [5, 5.41) is 0. The van der Waals surface area contributed by atoms with Crippen molar-refractivity contribution in [2.45, 2.75) is 32.2 Å². The van der Waals surface area contributed by atoms with E-state index in [4.69, 9.17) is 23.7 Å². The van der Waals surface area contributed by atoms with Crippen LogP contribution in [0.4, 0.5) is 0 Å². The number of methoxy groups -OCH3 is 3. The first kappa shape index (κ1) is 17.8. The Hall–Kier alpha value is -1.18. The first-order valence-electron chi connectivity index (χ1n) is 5.81. The molecule has 0 saturated carbocycles. The van der Waals surface area contributed by atoms with Crippen molar-refractivity contribution >= 4 is 11.9 Å². The third-order valence-corrected chi connectivity index (χ3v) is 2.51. The average Bonchev–Trinajstić information content (AvgIpc) is 2.36. The van der Waals surface area contributed by atoms with Crippen LogP contribution >= 0.6 is 0 Å². The Morgan fingerprint density at radius 3 is 1.37 bits per heavy atom. The van der Waals surface area contributed by atoms with E-state index in [9.17, 15) is 9.59 Å². The second kappa shape index (κ2) is 9.71. The number of ether oxygens (including phenoxy) is 5. The average molecular weight is 278 g/mol. The van der Waals surface area contributed by atoms with Crippen LogP contribution in [0.1, 0.15) is 13.8 Å². The van der Waals surface area contributed by atoms with Gasteiger partial charge in [-0.15, -0.1) is 0 Å². The number of hydrogen-bond donors (Lipinski definition) is 0. The topological polar surface area (TPSA) is 80.3 Å². The summed E-state index contributed by atoms with van der Waals surface area (Å²) in [7, 11) is 4.42. The molecule has 0 aliphatic carbocycles.